The van der Waals surface area contributed by atoms with Crippen molar-refractivity contribution in [3.63, 3.8) is 0 Å². The van der Waals surface area contributed by atoms with E-state index in [-0.39, 0.29) is 5.92 Å². The quantitative estimate of drug-likeness (QED) is 0.370. The van der Waals surface area contributed by atoms with Gasteiger partial charge in [0.2, 0.25) is 0 Å². The molecule has 2 aromatic carbocycles. The fraction of sp³-hybridized carbons (Fsp3) is 0.250. The molecule has 0 unspecified atom stereocenters. The lowest BCUT2D eigenvalue weighted by Gasteiger charge is -2.13. The summed E-state index contributed by atoms with van der Waals surface area (Å²) in [6.45, 7) is 6.24. The molecule has 0 aliphatic carbocycles. The van der Waals surface area contributed by atoms with Crippen LogP contribution in [0.25, 0.3) is 0 Å². The van der Waals surface area contributed by atoms with Crippen molar-refractivity contribution >= 4 is 52.6 Å². The largest absolute Gasteiger partial charge is 0.355 e. The van der Waals surface area contributed by atoms with Gasteiger partial charge in [0.05, 0.1) is 6.21 Å². The number of carbonyl (C=O) groups excluding carboxylic acids is 2. The molecule has 0 fully saturated rings. The lowest BCUT2D eigenvalue weighted by Crippen LogP contribution is -2.39. The fourth-order valence-electron chi connectivity index (χ4n) is 2.22. The molecular formula is C20H22Cl2N4O2. The van der Waals surface area contributed by atoms with Crippen LogP contribution in [-0.2, 0) is 9.59 Å². The second-order valence-electron chi connectivity index (χ2n) is 6.62. The van der Waals surface area contributed by atoms with Gasteiger partial charge in [-0.3, -0.25) is 9.59 Å². The van der Waals surface area contributed by atoms with E-state index in [9.17, 15) is 9.59 Å². The highest BCUT2D eigenvalue weighted by molar-refractivity contribution is 6.35. The maximum Gasteiger partial charge on any atom is 0.329 e. The van der Waals surface area contributed by atoms with Gasteiger partial charge >= 0.3 is 11.8 Å². The third-order valence-electron chi connectivity index (χ3n) is 3.73. The number of rotatable bonds is 6. The summed E-state index contributed by atoms with van der Waals surface area (Å²) in [6, 6.07) is 10.8. The van der Waals surface area contributed by atoms with E-state index in [0.717, 1.165) is 16.9 Å². The Kier molecular flexibility index (Phi) is 7.84. The van der Waals surface area contributed by atoms with Crippen molar-refractivity contribution in [3.05, 3.63) is 57.6 Å². The first-order valence-electron chi connectivity index (χ1n) is 8.70. The molecule has 0 atom stereocenters. The minimum atomic E-state index is -0.834. The molecule has 0 bridgehead atoms. The van der Waals surface area contributed by atoms with Gasteiger partial charge in [-0.15, -0.1) is 0 Å². The van der Waals surface area contributed by atoms with Crippen LogP contribution in [0.5, 0.6) is 0 Å². The highest BCUT2D eigenvalue weighted by atomic mass is 35.5. The van der Waals surface area contributed by atoms with Gasteiger partial charge in [0, 0.05) is 33.5 Å². The predicted octanol–water partition coefficient (Wildman–Crippen LogP) is 4.27. The second-order valence-corrected chi connectivity index (χ2v) is 7.49. The molecule has 0 aromatic heterocycles. The zero-order valence-corrected chi connectivity index (χ0v) is 17.4. The summed E-state index contributed by atoms with van der Waals surface area (Å²) in [6.07, 6.45) is 1.42. The molecule has 0 saturated heterocycles. The number of halogens is 2. The van der Waals surface area contributed by atoms with E-state index in [2.05, 4.69) is 21.2 Å². The van der Waals surface area contributed by atoms with Crippen LogP contribution in [-0.4, -0.2) is 24.6 Å². The Hall–Kier alpha value is -2.57. The molecule has 0 aliphatic rings. The zero-order chi connectivity index (χ0) is 20.7. The molecule has 0 saturated carbocycles. The fourth-order valence-corrected chi connectivity index (χ4v) is 2.57. The van der Waals surface area contributed by atoms with E-state index in [1.54, 1.807) is 18.2 Å². The standard InChI is InChI=1S/C20H22Cl2N4O2/c1-12(2)10-23-19(27)20(28)26-24-11-14-8-15(21)6-7-17(14)25-18-9-16(22)5-4-13(18)3/h4-9,11-12,25H,10H2,1-3H3,(H,23,27)(H,26,28)/b24-11-. The molecule has 8 heteroatoms. The summed E-state index contributed by atoms with van der Waals surface area (Å²) in [7, 11) is 0. The lowest BCUT2D eigenvalue weighted by atomic mass is 10.1. The Morgan fingerprint density at radius 2 is 1.71 bits per heavy atom. The molecule has 2 aromatic rings. The van der Waals surface area contributed by atoms with Crippen molar-refractivity contribution in [3.8, 4) is 0 Å². The van der Waals surface area contributed by atoms with Crippen LogP contribution in [0, 0.1) is 12.8 Å². The van der Waals surface area contributed by atoms with Crippen molar-refractivity contribution in [1.82, 2.24) is 10.7 Å². The Morgan fingerprint density at radius 3 is 2.43 bits per heavy atom. The van der Waals surface area contributed by atoms with Gasteiger partial charge in [0.25, 0.3) is 0 Å². The van der Waals surface area contributed by atoms with E-state index in [1.807, 2.05) is 39.0 Å². The van der Waals surface area contributed by atoms with Crippen LogP contribution < -0.4 is 16.1 Å². The number of aryl methyl sites for hydroxylation is 1. The van der Waals surface area contributed by atoms with E-state index < -0.39 is 11.8 Å². The van der Waals surface area contributed by atoms with Crippen molar-refractivity contribution < 1.29 is 9.59 Å². The molecule has 2 rings (SSSR count). The van der Waals surface area contributed by atoms with Crippen molar-refractivity contribution in [2.24, 2.45) is 11.0 Å². The SMILES string of the molecule is Cc1ccc(Cl)cc1Nc1ccc(Cl)cc1/C=N\NC(=O)C(=O)NCC(C)C. The van der Waals surface area contributed by atoms with E-state index in [0.29, 0.717) is 22.2 Å². The van der Waals surface area contributed by atoms with Gasteiger partial charge in [-0.1, -0.05) is 43.1 Å². The predicted molar refractivity (Wildman–Crippen MR) is 115 cm³/mol. The first-order chi connectivity index (χ1) is 13.3. The average Bonchev–Trinajstić information content (AvgIpc) is 2.64. The molecule has 0 heterocycles. The summed E-state index contributed by atoms with van der Waals surface area (Å²) >= 11 is 12.1. The highest BCUT2D eigenvalue weighted by Crippen LogP contribution is 2.27. The highest BCUT2D eigenvalue weighted by Gasteiger charge is 2.12. The van der Waals surface area contributed by atoms with E-state index >= 15 is 0 Å². The molecule has 3 N–H and O–H groups in total. The summed E-state index contributed by atoms with van der Waals surface area (Å²) in [5.41, 5.74) is 5.41. The summed E-state index contributed by atoms with van der Waals surface area (Å²) in [4.78, 5) is 23.5. The minimum Gasteiger partial charge on any atom is -0.355 e. The molecule has 148 valence electrons. The van der Waals surface area contributed by atoms with Crippen molar-refractivity contribution in [2.75, 3.05) is 11.9 Å². The number of hydrogen-bond donors (Lipinski definition) is 3. The Morgan fingerprint density at radius 1 is 1.04 bits per heavy atom. The van der Waals surface area contributed by atoms with Gasteiger partial charge in [0.15, 0.2) is 0 Å². The third kappa shape index (κ3) is 6.55. The minimum absolute atomic E-state index is 0.246. The lowest BCUT2D eigenvalue weighted by molar-refractivity contribution is -0.139. The topological polar surface area (TPSA) is 82.6 Å². The molecule has 6 nitrogen and oxygen atoms in total. The van der Waals surface area contributed by atoms with Gasteiger partial charge in [-0.05, 0) is 48.7 Å². The van der Waals surface area contributed by atoms with Crippen LogP contribution >= 0.6 is 23.2 Å². The van der Waals surface area contributed by atoms with Crippen LogP contribution in [0.4, 0.5) is 11.4 Å². The average molecular weight is 421 g/mol. The van der Waals surface area contributed by atoms with Crippen LogP contribution in [0.15, 0.2) is 41.5 Å². The third-order valence-corrected chi connectivity index (χ3v) is 4.20. The maximum atomic E-state index is 11.8. The first kappa shape index (κ1) is 21.7. The zero-order valence-electron chi connectivity index (χ0n) is 15.8. The molecule has 28 heavy (non-hydrogen) atoms. The van der Waals surface area contributed by atoms with E-state index in [1.165, 1.54) is 6.21 Å². The van der Waals surface area contributed by atoms with Gasteiger partial charge < -0.3 is 10.6 Å². The molecule has 0 radical (unpaired) electrons. The Bertz CT molecular complexity index is 898. The van der Waals surface area contributed by atoms with E-state index in [4.69, 9.17) is 23.2 Å². The number of carbonyl (C=O) groups is 2. The summed E-state index contributed by atoms with van der Waals surface area (Å²) < 4.78 is 0. The number of nitrogens with one attached hydrogen (secondary N) is 3. The van der Waals surface area contributed by atoms with Gasteiger partial charge in [-0.2, -0.15) is 5.10 Å². The number of hydrazone groups is 1. The Balaban J connectivity index is 2.11. The van der Waals surface area contributed by atoms with Crippen LogP contribution in [0.1, 0.15) is 25.0 Å². The molecule has 0 spiro atoms. The maximum absolute atomic E-state index is 11.8. The van der Waals surface area contributed by atoms with Crippen molar-refractivity contribution in [1.29, 1.82) is 0 Å². The van der Waals surface area contributed by atoms with Crippen molar-refractivity contribution in [2.45, 2.75) is 20.8 Å². The number of amides is 2. The van der Waals surface area contributed by atoms with Gasteiger partial charge in [0.1, 0.15) is 0 Å². The number of nitrogens with zero attached hydrogens (tertiary/aromatic N) is 1. The number of anilines is 2. The van der Waals surface area contributed by atoms with Crippen LogP contribution in [0.2, 0.25) is 10.0 Å². The monoisotopic (exact) mass is 420 g/mol. The molecule has 0 aliphatic heterocycles. The second kappa shape index (κ2) is 10.1. The number of hydrogen-bond acceptors (Lipinski definition) is 4. The number of benzene rings is 2. The summed E-state index contributed by atoms with van der Waals surface area (Å²) in [5.74, 6) is -1.32. The first-order valence-corrected chi connectivity index (χ1v) is 9.46. The normalized spacial score (nSPS) is 10.9. The molecule has 2 amide bonds. The smallest absolute Gasteiger partial charge is 0.329 e. The summed E-state index contributed by atoms with van der Waals surface area (Å²) in [5, 5.41) is 10.8. The molecular weight excluding hydrogens is 399 g/mol. The van der Waals surface area contributed by atoms with Gasteiger partial charge in [-0.25, -0.2) is 5.43 Å². The van der Waals surface area contributed by atoms with Crippen LogP contribution in [0.3, 0.4) is 0 Å². The Labute approximate surface area is 174 Å².